The summed E-state index contributed by atoms with van der Waals surface area (Å²) in [4.78, 5) is 40.1. The minimum atomic E-state index is -0.405. The Bertz CT molecular complexity index is 660. The zero-order valence-corrected chi connectivity index (χ0v) is 16.3. The number of amides is 3. The van der Waals surface area contributed by atoms with E-state index in [0.29, 0.717) is 36.8 Å². The molecule has 26 heavy (non-hydrogen) atoms. The SMILES string of the molecule is CC(C)(C)C(=O)N1CCN(C(=O)CCNC(=O)c2ccc(Cl)cc2)CC1. The second-order valence-corrected chi connectivity index (χ2v) is 7.87. The molecule has 0 spiro atoms. The summed E-state index contributed by atoms with van der Waals surface area (Å²) in [5, 5.41) is 3.31. The van der Waals surface area contributed by atoms with E-state index >= 15 is 0 Å². The first-order valence-corrected chi connectivity index (χ1v) is 9.17. The third kappa shape index (κ3) is 5.46. The largest absolute Gasteiger partial charge is 0.352 e. The zero-order chi connectivity index (χ0) is 19.3. The topological polar surface area (TPSA) is 69.7 Å². The van der Waals surface area contributed by atoms with Crippen molar-refractivity contribution in [3.05, 3.63) is 34.9 Å². The van der Waals surface area contributed by atoms with Crippen molar-refractivity contribution in [2.45, 2.75) is 27.2 Å². The Labute approximate surface area is 159 Å². The van der Waals surface area contributed by atoms with Crippen molar-refractivity contribution in [3.63, 3.8) is 0 Å². The van der Waals surface area contributed by atoms with E-state index in [4.69, 9.17) is 11.6 Å². The van der Waals surface area contributed by atoms with Crippen LogP contribution in [0.15, 0.2) is 24.3 Å². The highest BCUT2D eigenvalue weighted by atomic mass is 35.5. The number of piperazine rings is 1. The van der Waals surface area contributed by atoms with Crippen molar-refractivity contribution in [2.24, 2.45) is 5.41 Å². The minimum Gasteiger partial charge on any atom is -0.352 e. The van der Waals surface area contributed by atoms with Crippen LogP contribution in [0.4, 0.5) is 0 Å². The average Bonchev–Trinajstić information content (AvgIpc) is 2.60. The molecule has 1 aromatic rings. The van der Waals surface area contributed by atoms with Crippen LogP contribution in [-0.4, -0.2) is 60.2 Å². The fraction of sp³-hybridized carbons (Fsp3) is 0.526. The molecule has 142 valence electrons. The lowest BCUT2D eigenvalue weighted by molar-refractivity contribution is -0.144. The second-order valence-electron chi connectivity index (χ2n) is 7.44. The molecular formula is C19H26ClN3O3. The molecule has 1 N–H and O–H groups in total. The third-order valence-electron chi connectivity index (χ3n) is 4.29. The molecule has 3 amide bonds. The number of hydrogen-bond acceptors (Lipinski definition) is 3. The van der Waals surface area contributed by atoms with Crippen molar-refractivity contribution in [1.82, 2.24) is 15.1 Å². The summed E-state index contributed by atoms with van der Waals surface area (Å²) in [5.74, 6) is -0.126. The number of rotatable bonds is 4. The number of halogens is 1. The molecule has 0 aliphatic carbocycles. The standard InChI is InChI=1S/C19H26ClN3O3/c1-19(2,3)18(26)23-12-10-22(11-13-23)16(24)8-9-21-17(25)14-4-6-15(20)7-5-14/h4-7H,8-13H2,1-3H3,(H,21,25). The van der Waals surface area contributed by atoms with Crippen LogP contribution in [0.3, 0.4) is 0 Å². The van der Waals surface area contributed by atoms with Gasteiger partial charge < -0.3 is 15.1 Å². The lowest BCUT2D eigenvalue weighted by Gasteiger charge is -2.37. The van der Waals surface area contributed by atoms with Gasteiger partial charge in [0.05, 0.1) is 0 Å². The van der Waals surface area contributed by atoms with Gasteiger partial charge in [-0.25, -0.2) is 0 Å². The van der Waals surface area contributed by atoms with Crippen molar-refractivity contribution in [3.8, 4) is 0 Å². The van der Waals surface area contributed by atoms with E-state index in [1.807, 2.05) is 25.7 Å². The molecule has 1 aliphatic rings. The van der Waals surface area contributed by atoms with Gasteiger partial charge in [0.15, 0.2) is 0 Å². The average molecular weight is 380 g/mol. The lowest BCUT2D eigenvalue weighted by Crippen LogP contribution is -2.53. The highest BCUT2D eigenvalue weighted by molar-refractivity contribution is 6.30. The Morgan fingerprint density at radius 1 is 1.00 bits per heavy atom. The molecule has 1 aliphatic heterocycles. The highest BCUT2D eigenvalue weighted by Gasteiger charge is 2.30. The van der Waals surface area contributed by atoms with E-state index in [9.17, 15) is 14.4 Å². The molecule has 0 bridgehead atoms. The summed E-state index contributed by atoms with van der Waals surface area (Å²) in [6, 6.07) is 6.59. The number of carbonyl (C=O) groups excluding carboxylic acids is 3. The summed E-state index contributed by atoms with van der Waals surface area (Å²) >= 11 is 5.80. The van der Waals surface area contributed by atoms with Gasteiger partial charge in [-0.05, 0) is 24.3 Å². The van der Waals surface area contributed by atoms with Gasteiger partial charge in [0.2, 0.25) is 11.8 Å². The maximum atomic E-state index is 12.3. The molecular weight excluding hydrogens is 354 g/mol. The molecule has 1 saturated heterocycles. The smallest absolute Gasteiger partial charge is 0.251 e. The minimum absolute atomic E-state index is 0.00994. The van der Waals surface area contributed by atoms with Gasteiger partial charge in [-0.3, -0.25) is 14.4 Å². The van der Waals surface area contributed by atoms with Crippen LogP contribution in [0.2, 0.25) is 5.02 Å². The number of nitrogens with one attached hydrogen (secondary N) is 1. The van der Waals surface area contributed by atoms with Crippen molar-refractivity contribution in [1.29, 1.82) is 0 Å². The maximum Gasteiger partial charge on any atom is 0.251 e. The van der Waals surface area contributed by atoms with E-state index in [2.05, 4.69) is 5.32 Å². The van der Waals surface area contributed by atoms with E-state index in [1.165, 1.54) is 0 Å². The van der Waals surface area contributed by atoms with Gasteiger partial charge in [-0.2, -0.15) is 0 Å². The van der Waals surface area contributed by atoms with E-state index in [0.717, 1.165) is 0 Å². The Hall–Kier alpha value is -2.08. The maximum absolute atomic E-state index is 12.3. The van der Waals surface area contributed by atoms with Gasteiger partial charge in [-0.15, -0.1) is 0 Å². The van der Waals surface area contributed by atoms with E-state index in [1.54, 1.807) is 29.2 Å². The summed E-state index contributed by atoms with van der Waals surface area (Å²) in [5.41, 5.74) is 0.106. The van der Waals surface area contributed by atoms with Crippen LogP contribution in [0.1, 0.15) is 37.6 Å². The van der Waals surface area contributed by atoms with Crippen LogP contribution < -0.4 is 5.32 Å². The van der Waals surface area contributed by atoms with Gasteiger partial charge in [-0.1, -0.05) is 32.4 Å². The first kappa shape index (κ1) is 20.2. The third-order valence-corrected chi connectivity index (χ3v) is 4.54. The van der Waals surface area contributed by atoms with Crippen molar-refractivity contribution >= 4 is 29.3 Å². The van der Waals surface area contributed by atoms with Crippen molar-refractivity contribution < 1.29 is 14.4 Å². The molecule has 0 saturated carbocycles. The van der Waals surface area contributed by atoms with Gasteiger partial charge in [0.25, 0.3) is 5.91 Å². The molecule has 6 nitrogen and oxygen atoms in total. The Kier molecular flexibility index (Phi) is 6.64. The Morgan fingerprint density at radius 2 is 1.54 bits per heavy atom. The predicted molar refractivity (Wildman–Crippen MR) is 101 cm³/mol. The molecule has 1 fully saturated rings. The number of hydrogen-bond donors (Lipinski definition) is 1. The molecule has 1 aromatic carbocycles. The van der Waals surface area contributed by atoms with Crippen LogP contribution in [0.5, 0.6) is 0 Å². The monoisotopic (exact) mass is 379 g/mol. The van der Waals surface area contributed by atoms with Gasteiger partial charge in [0, 0.05) is 55.1 Å². The number of benzene rings is 1. The summed E-state index contributed by atoms with van der Waals surface area (Å²) in [6.07, 6.45) is 0.243. The second kappa shape index (κ2) is 8.54. The normalized spacial score (nSPS) is 14.9. The summed E-state index contributed by atoms with van der Waals surface area (Å²) in [7, 11) is 0. The predicted octanol–water partition coefficient (Wildman–Crippen LogP) is 2.18. The van der Waals surface area contributed by atoms with Gasteiger partial charge in [0.1, 0.15) is 0 Å². The molecule has 2 rings (SSSR count). The molecule has 0 unspecified atom stereocenters. The van der Waals surface area contributed by atoms with Crippen LogP contribution in [-0.2, 0) is 9.59 Å². The summed E-state index contributed by atoms with van der Waals surface area (Å²) < 4.78 is 0. The molecule has 0 atom stereocenters. The van der Waals surface area contributed by atoms with Gasteiger partial charge >= 0.3 is 0 Å². The molecule has 0 aromatic heterocycles. The van der Waals surface area contributed by atoms with E-state index < -0.39 is 5.41 Å². The summed E-state index contributed by atoms with van der Waals surface area (Å²) in [6.45, 7) is 8.15. The fourth-order valence-corrected chi connectivity index (χ4v) is 2.90. The Balaban J connectivity index is 1.73. The molecule has 1 heterocycles. The first-order valence-electron chi connectivity index (χ1n) is 8.79. The van der Waals surface area contributed by atoms with E-state index in [-0.39, 0.29) is 30.7 Å². The molecule has 0 radical (unpaired) electrons. The highest BCUT2D eigenvalue weighted by Crippen LogP contribution is 2.18. The van der Waals surface area contributed by atoms with Crippen LogP contribution in [0.25, 0.3) is 0 Å². The number of carbonyl (C=O) groups is 3. The fourth-order valence-electron chi connectivity index (χ4n) is 2.78. The van der Waals surface area contributed by atoms with Crippen LogP contribution in [0, 0.1) is 5.41 Å². The Morgan fingerprint density at radius 3 is 2.08 bits per heavy atom. The molecule has 7 heteroatoms. The van der Waals surface area contributed by atoms with Crippen LogP contribution >= 0.6 is 11.6 Å². The first-order chi connectivity index (χ1) is 12.2. The lowest BCUT2D eigenvalue weighted by atomic mass is 9.94. The zero-order valence-electron chi connectivity index (χ0n) is 15.5. The number of nitrogens with zero attached hydrogens (tertiary/aromatic N) is 2. The quantitative estimate of drug-likeness (QED) is 0.871. The van der Waals surface area contributed by atoms with Crippen molar-refractivity contribution in [2.75, 3.05) is 32.7 Å².